The fourth-order valence-electron chi connectivity index (χ4n) is 3.84. The first-order chi connectivity index (χ1) is 13.1. The molecule has 0 radical (unpaired) electrons. The van der Waals surface area contributed by atoms with Gasteiger partial charge in [-0.2, -0.15) is 0 Å². The van der Waals surface area contributed by atoms with Gasteiger partial charge in [0, 0.05) is 0 Å². The third-order valence-corrected chi connectivity index (χ3v) is 25.2. The summed E-state index contributed by atoms with van der Waals surface area (Å²) in [6, 6.07) is 8.42. The summed E-state index contributed by atoms with van der Waals surface area (Å²) in [5, 5.41) is 0. The molecule has 0 atom stereocenters. The Balaban J connectivity index is 2.04. The zero-order valence-electron chi connectivity index (χ0n) is 17.0. The molecule has 0 aliphatic rings. The minimum absolute atomic E-state index is 0.0265. The number of hydrogen-bond acceptors (Lipinski definition) is 3. The summed E-state index contributed by atoms with van der Waals surface area (Å²) < 4.78 is 14.5. The van der Waals surface area contributed by atoms with Gasteiger partial charge in [-0.25, -0.2) is 0 Å². The molecule has 0 bridgehead atoms. The van der Waals surface area contributed by atoms with E-state index in [1.165, 1.54) is 6.14 Å². The molecule has 2 rings (SSSR count). The molecule has 2 aromatic rings. The second-order valence-electron chi connectivity index (χ2n) is 7.33. The maximum atomic E-state index is 12.7. The number of hydrogen-bond donors (Lipinski definition) is 0. The Hall–Kier alpha value is -0.496. The second-order valence-corrected chi connectivity index (χ2v) is 26.7. The van der Waals surface area contributed by atoms with Crippen molar-refractivity contribution in [3.63, 3.8) is 0 Å². The average Bonchev–Trinajstić information content (AvgIpc) is 2.63. The number of aromatic nitrogens is 2. The molecule has 0 fully saturated rings. The van der Waals surface area contributed by atoms with Crippen LogP contribution >= 0.6 is 0 Å². The van der Waals surface area contributed by atoms with Crippen LogP contribution in [0.2, 0.25) is 13.3 Å². The van der Waals surface area contributed by atoms with E-state index >= 15 is 0 Å². The number of pyridine rings is 2. The van der Waals surface area contributed by atoms with E-state index in [0.717, 1.165) is 32.6 Å². The van der Waals surface area contributed by atoms with E-state index in [4.69, 9.17) is 3.07 Å². The molecule has 2 heterocycles. The first-order valence-electron chi connectivity index (χ1n) is 10.2. The van der Waals surface area contributed by atoms with Gasteiger partial charge in [0.2, 0.25) is 0 Å². The molecule has 0 aromatic carbocycles. The van der Waals surface area contributed by atoms with Crippen LogP contribution < -0.4 is 10.7 Å². The van der Waals surface area contributed by atoms with Crippen LogP contribution in [0.15, 0.2) is 49.1 Å². The van der Waals surface area contributed by atoms with E-state index in [2.05, 4.69) is 50.2 Å². The molecule has 27 heavy (non-hydrogen) atoms. The number of rotatable bonds is 11. The molecule has 0 amide bonds. The third-order valence-electron chi connectivity index (χ3n) is 4.81. The first kappa shape index (κ1) is 22.8. The van der Waals surface area contributed by atoms with Gasteiger partial charge in [-0.3, -0.25) is 0 Å². The Morgan fingerprint density at radius 1 is 1.07 bits per heavy atom. The molecular formula is C21H31HgN2O2Sn+. The average molecular weight is 663 g/mol. The van der Waals surface area contributed by atoms with Crippen molar-refractivity contribution in [2.45, 2.75) is 59.9 Å². The van der Waals surface area contributed by atoms with Gasteiger partial charge < -0.3 is 0 Å². The monoisotopic (exact) mass is 665 g/mol. The van der Waals surface area contributed by atoms with Gasteiger partial charge in [-0.05, 0) is 0 Å². The van der Waals surface area contributed by atoms with Crippen molar-refractivity contribution in [2.24, 2.45) is 0 Å². The van der Waals surface area contributed by atoms with Crippen molar-refractivity contribution >= 4 is 30.9 Å². The Morgan fingerprint density at radius 2 is 1.74 bits per heavy atom. The summed E-state index contributed by atoms with van der Waals surface area (Å²) in [5.74, 6) is -0.0265. The van der Waals surface area contributed by atoms with Gasteiger partial charge >= 0.3 is 182 Å². The van der Waals surface area contributed by atoms with Crippen LogP contribution in [-0.2, 0) is 39.0 Å². The molecule has 0 saturated heterocycles. The second kappa shape index (κ2) is 12.1. The first-order valence-corrected chi connectivity index (χ1v) is 22.9. The predicted octanol–water partition coefficient (Wildman–Crippen LogP) is 3.12. The predicted molar refractivity (Wildman–Crippen MR) is 107 cm³/mol. The van der Waals surface area contributed by atoms with Gasteiger partial charge in [0.1, 0.15) is 0 Å². The van der Waals surface area contributed by atoms with Crippen LogP contribution in [0.4, 0.5) is 0 Å². The molecule has 0 N–H and O–H groups in total. The van der Waals surface area contributed by atoms with Gasteiger partial charge in [0.15, 0.2) is 0 Å². The molecule has 6 heteroatoms. The van der Waals surface area contributed by atoms with E-state index in [1.807, 2.05) is 29.2 Å². The summed E-state index contributed by atoms with van der Waals surface area (Å²) in [7, 11) is 0. The van der Waals surface area contributed by atoms with Crippen LogP contribution in [0.5, 0.6) is 0 Å². The molecule has 142 valence electrons. The van der Waals surface area contributed by atoms with Crippen molar-refractivity contribution in [2.75, 3.05) is 0 Å². The van der Waals surface area contributed by atoms with Crippen LogP contribution in [-0.4, -0.2) is 29.7 Å². The third kappa shape index (κ3) is 7.80. The quantitative estimate of drug-likeness (QED) is 0.275. The normalized spacial score (nSPS) is 11.1. The van der Waals surface area contributed by atoms with E-state index in [0.29, 0.717) is 6.54 Å². The number of carbonyl (C=O) groups is 1. The summed E-state index contributed by atoms with van der Waals surface area (Å²) >= 11 is -4.19. The fraction of sp³-hybridized carbons (Fsp3) is 0.476. The number of nitrogens with zero attached hydrogens (tertiary/aromatic N) is 2. The minimum atomic E-state index is -2.79. The standard InChI is InChI=1S/C7H6NO2.C5H4N.3C3H7.Hg.Sn/c9-7(10)6-8-4-2-1-3-5-8;1-2-4-6-5-3-1;3*1-3-2;;/h1-2,4-5H,6H2;1-2,4-5H;3*1,3H2,2H3;;/q;;;;;;+1. The molecule has 0 saturated carbocycles. The van der Waals surface area contributed by atoms with E-state index in [9.17, 15) is 4.79 Å². The Kier molecular flexibility index (Phi) is 10.3. The molecule has 0 aliphatic heterocycles. The Bertz CT molecular complexity index is 695. The van der Waals surface area contributed by atoms with E-state index in [-0.39, 0.29) is 5.97 Å². The van der Waals surface area contributed by atoms with Gasteiger partial charge in [-0.1, -0.05) is 0 Å². The van der Waals surface area contributed by atoms with Crippen LogP contribution in [0.25, 0.3) is 0 Å². The molecule has 4 nitrogen and oxygen atoms in total. The van der Waals surface area contributed by atoms with Crippen molar-refractivity contribution < 1.29 is 37.0 Å². The van der Waals surface area contributed by atoms with Gasteiger partial charge in [0.25, 0.3) is 0 Å². The zero-order chi connectivity index (χ0) is 19.5. The topological polar surface area (TPSA) is 43.1 Å². The fourth-order valence-corrected chi connectivity index (χ4v) is 22.1. The molecular weight excluding hydrogens is 632 g/mol. The zero-order valence-corrected chi connectivity index (χ0v) is 25.3. The summed E-state index contributed by atoms with van der Waals surface area (Å²) in [5.41, 5.74) is 0. The van der Waals surface area contributed by atoms with Crippen LogP contribution in [0.1, 0.15) is 40.0 Å². The maximum absolute atomic E-state index is 12.7. The van der Waals surface area contributed by atoms with Crippen LogP contribution in [0, 0.1) is 0 Å². The SMILES string of the molecule is CC[CH2][Sn]([CH2]CC)([CH2]CC)[O]C(=O)C[n+]1ccc[c]([Hg][c]2cccnc2)c1. The van der Waals surface area contributed by atoms with Crippen molar-refractivity contribution in [3.8, 4) is 0 Å². The molecule has 2 aromatic heterocycles. The number of carbonyl (C=O) groups excluding carboxylic acids is 1. The molecule has 0 unspecified atom stereocenters. The van der Waals surface area contributed by atoms with Crippen molar-refractivity contribution in [1.82, 2.24) is 4.98 Å². The summed E-state index contributed by atoms with van der Waals surface area (Å²) in [6.45, 7) is 6.99. The van der Waals surface area contributed by atoms with Crippen molar-refractivity contribution in [3.05, 3.63) is 49.1 Å². The van der Waals surface area contributed by atoms with E-state index < -0.39 is 43.4 Å². The van der Waals surface area contributed by atoms with Gasteiger partial charge in [0.05, 0.1) is 0 Å². The van der Waals surface area contributed by atoms with Crippen LogP contribution in [0.3, 0.4) is 0 Å². The van der Waals surface area contributed by atoms with Crippen molar-refractivity contribution in [1.29, 1.82) is 0 Å². The molecule has 0 spiro atoms. The Labute approximate surface area is 180 Å². The van der Waals surface area contributed by atoms with E-state index in [1.54, 1.807) is 0 Å². The summed E-state index contributed by atoms with van der Waals surface area (Å²) in [4.78, 5) is 17.0. The summed E-state index contributed by atoms with van der Waals surface area (Å²) in [6.07, 6.45) is 11.3. The molecule has 0 aliphatic carbocycles. The van der Waals surface area contributed by atoms with Gasteiger partial charge in [-0.15, -0.1) is 0 Å². The Morgan fingerprint density at radius 3 is 2.33 bits per heavy atom.